The Morgan fingerprint density at radius 3 is 2.76 bits per heavy atom. The van der Waals surface area contributed by atoms with Crippen LogP contribution in [0.1, 0.15) is 28.0 Å². The summed E-state index contributed by atoms with van der Waals surface area (Å²) in [5.41, 5.74) is 3.71. The van der Waals surface area contributed by atoms with Crippen LogP contribution in [-0.2, 0) is 6.54 Å². The van der Waals surface area contributed by atoms with E-state index in [4.69, 9.17) is 9.26 Å². The smallest absolute Gasteiger partial charge is 0.259 e. The van der Waals surface area contributed by atoms with Crippen LogP contribution in [0.2, 0.25) is 0 Å². The fraction of sp³-hybridized carbons (Fsp3) is 0.320. The van der Waals surface area contributed by atoms with E-state index in [1.807, 2.05) is 47.5 Å². The van der Waals surface area contributed by atoms with Crippen molar-refractivity contribution in [2.24, 2.45) is 0 Å². The predicted octanol–water partition coefficient (Wildman–Crippen LogP) is 4.62. The van der Waals surface area contributed by atoms with E-state index in [2.05, 4.69) is 27.2 Å². The van der Waals surface area contributed by atoms with Gasteiger partial charge in [0.2, 0.25) is 0 Å². The van der Waals surface area contributed by atoms with Gasteiger partial charge < -0.3 is 14.2 Å². The van der Waals surface area contributed by atoms with Gasteiger partial charge in [0.25, 0.3) is 11.6 Å². The maximum atomic E-state index is 13.7. The number of aryl methyl sites for hydroxylation is 1. The number of amides is 1. The molecule has 1 fully saturated rings. The highest BCUT2D eigenvalue weighted by molar-refractivity contribution is 7.13. The molecule has 1 aromatic carbocycles. The van der Waals surface area contributed by atoms with Crippen LogP contribution in [-0.4, -0.2) is 59.1 Å². The molecule has 170 valence electrons. The zero-order valence-corrected chi connectivity index (χ0v) is 19.6. The zero-order valence-electron chi connectivity index (χ0n) is 18.8. The number of hydrogen-bond acceptors (Lipinski definition) is 7. The Balaban J connectivity index is 1.35. The molecule has 0 aliphatic carbocycles. The molecule has 0 N–H and O–H groups in total. The Morgan fingerprint density at radius 2 is 2.00 bits per heavy atom. The second-order valence-electron chi connectivity index (χ2n) is 8.25. The number of thiophene rings is 1. The Bertz CT molecular complexity index is 1250. The monoisotopic (exact) mass is 462 g/mol. The molecule has 1 aliphatic rings. The third kappa shape index (κ3) is 4.49. The molecule has 0 spiro atoms. The summed E-state index contributed by atoms with van der Waals surface area (Å²) in [5, 5.41) is 6.78. The number of aromatic nitrogens is 2. The molecule has 1 amide bonds. The standard InChI is InChI=1S/C25H26N4O3S/c1-17-23-20(15-21(22-5-3-14-33-22)26-24(23)32-27-17)25(30)29-11-4-10-28(12-13-29)16-18-6-8-19(31-2)9-7-18/h3,5-9,14-15H,4,10-13,16H2,1-2H3. The third-order valence-electron chi connectivity index (χ3n) is 6.06. The Labute approximate surface area is 196 Å². The molecular formula is C25H26N4O3S. The van der Waals surface area contributed by atoms with E-state index >= 15 is 0 Å². The summed E-state index contributed by atoms with van der Waals surface area (Å²) in [7, 11) is 1.68. The number of rotatable bonds is 5. The van der Waals surface area contributed by atoms with Crippen molar-refractivity contribution in [3.63, 3.8) is 0 Å². The van der Waals surface area contributed by atoms with E-state index in [1.165, 1.54) is 5.56 Å². The van der Waals surface area contributed by atoms with Crippen LogP contribution in [0.5, 0.6) is 5.75 Å². The number of pyridine rings is 1. The molecule has 1 saturated heterocycles. The van der Waals surface area contributed by atoms with Gasteiger partial charge in [-0.3, -0.25) is 9.69 Å². The minimum absolute atomic E-state index is 0.0119. The normalized spacial score (nSPS) is 15.0. The molecule has 0 radical (unpaired) electrons. The second kappa shape index (κ2) is 9.33. The van der Waals surface area contributed by atoms with Crippen molar-refractivity contribution in [2.75, 3.05) is 33.3 Å². The molecule has 4 heterocycles. The zero-order chi connectivity index (χ0) is 22.8. The number of benzene rings is 1. The van der Waals surface area contributed by atoms with Gasteiger partial charge in [-0.25, -0.2) is 4.98 Å². The lowest BCUT2D eigenvalue weighted by atomic mass is 10.1. The first kappa shape index (κ1) is 21.6. The third-order valence-corrected chi connectivity index (χ3v) is 6.95. The lowest BCUT2D eigenvalue weighted by Gasteiger charge is -2.22. The lowest BCUT2D eigenvalue weighted by molar-refractivity contribution is 0.0763. The number of nitrogens with zero attached hydrogens (tertiary/aromatic N) is 4. The summed E-state index contributed by atoms with van der Waals surface area (Å²) in [6.45, 7) is 5.89. The highest BCUT2D eigenvalue weighted by Crippen LogP contribution is 2.30. The highest BCUT2D eigenvalue weighted by atomic mass is 32.1. The van der Waals surface area contributed by atoms with Crippen LogP contribution in [0.4, 0.5) is 0 Å². The van der Waals surface area contributed by atoms with Crippen molar-refractivity contribution >= 4 is 28.3 Å². The van der Waals surface area contributed by atoms with Crippen LogP contribution in [0.15, 0.2) is 52.4 Å². The first-order valence-corrected chi connectivity index (χ1v) is 12.0. The predicted molar refractivity (Wildman–Crippen MR) is 129 cm³/mol. The van der Waals surface area contributed by atoms with E-state index in [0.29, 0.717) is 28.9 Å². The lowest BCUT2D eigenvalue weighted by Crippen LogP contribution is -2.35. The molecule has 7 nitrogen and oxygen atoms in total. The Kier molecular flexibility index (Phi) is 6.11. The number of carbonyl (C=O) groups excluding carboxylic acids is 1. The molecule has 0 bridgehead atoms. The minimum Gasteiger partial charge on any atom is -0.497 e. The average Bonchev–Trinajstić information content (AvgIpc) is 3.45. The number of carbonyl (C=O) groups is 1. The van der Waals surface area contributed by atoms with Gasteiger partial charge in [0.15, 0.2) is 0 Å². The number of fused-ring (bicyclic) bond motifs is 1. The van der Waals surface area contributed by atoms with Crippen LogP contribution >= 0.6 is 11.3 Å². The van der Waals surface area contributed by atoms with E-state index in [-0.39, 0.29) is 5.91 Å². The van der Waals surface area contributed by atoms with Gasteiger partial charge in [-0.15, -0.1) is 11.3 Å². The van der Waals surface area contributed by atoms with Crippen molar-refractivity contribution in [1.82, 2.24) is 19.9 Å². The van der Waals surface area contributed by atoms with Crippen LogP contribution < -0.4 is 4.74 Å². The maximum absolute atomic E-state index is 13.7. The quantitative estimate of drug-likeness (QED) is 0.431. The first-order chi connectivity index (χ1) is 16.1. The van der Waals surface area contributed by atoms with E-state index in [1.54, 1.807) is 18.4 Å². The molecule has 0 saturated carbocycles. The maximum Gasteiger partial charge on any atom is 0.259 e. The van der Waals surface area contributed by atoms with Crippen molar-refractivity contribution < 1.29 is 14.1 Å². The summed E-state index contributed by atoms with van der Waals surface area (Å²) >= 11 is 1.59. The Hall–Kier alpha value is -3.23. The molecule has 33 heavy (non-hydrogen) atoms. The number of hydrogen-bond donors (Lipinski definition) is 0. The van der Waals surface area contributed by atoms with Crippen molar-refractivity contribution in [3.8, 4) is 16.3 Å². The summed E-state index contributed by atoms with van der Waals surface area (Å²) in [6, 6.07) is 14.0. The highest BCUT2D eigenvalue weighted by Gasteiger charge is 2.25. The summed E-state index contributed by atoms with van der Waals surface area (Å²) in [4.78, 5) is 23.6. The topological polar surface area (TPSA) is 71.7 Å². The van der Waals surface area contributed by atoms with E-state index < -0.39 is 0 Å². The average molecular weight is 463 g/mol. The summed E-state index contributed by atoms with van der Waals surface area (Å²) in [6.07, 6.45) is 0.927. The van der Waals surface area contributed by atoms with Gasteiger partial charge in [-0.05, 0) is 48.6 Å². The van der Waals surface area contributed by atoms with Gasteiger partial charge in [0.05, 0.1) is 34.3 Å². The summed E-state index contributed by atoms with van der Waals surface area (Å²) < 4.78 is 10.7. The van der Waals surface area contributed by atoms with Crippen molar-refractivity contribution in [2.45, 2.75) is 19.9 Å². The molecular weight excluding hydrogens is 436 g/mol. The SMILES string of the molecule is COc1ccc(CN2CCCN(C(=O)c3cc(-c4cccs4)nc4onc(C)c34)CC2)cc1. The Morgan fingerprint density at radius 1 is 1.15 bits per heavy atom. The van der Waals surface area contributed by atoms with Crippen LogP contribution in [0, 0.1) is 6.92 Å². The van der Waals surface area contributed by atoms with Crippen molar-refractivity contribution in [1.29, 1.82) is 0 Å². The molecule has 0 atom stereocenters. The molecule has 5 rings (SSSR count). The van der Waals surface area contributed by atoms with Crippen LogP contribution in [0.25, 0.3) is 21.7 Å². The fourth-order valence-corrected chi connectivity index (χ4v) is 4.99. The van der Waals surface area contributed by atoms with Gasteiger partial charge in [0, 0.05) is 32.7 Å². The summed E-state index contributed by atoms with van der Waals surface area (Å²) in [5.74, 6) is 0.874. The molecule has 0 unspecified atom stereocenters. The number of ether oxygens (including phenoxy) is 1. The first-order valence-electron chi connectivity index (χ1n) is 11.1. The molecule has 8 heteroatoms. The van der Waals surface area contributed by atoms with Gasteiger partial charge in [-0.1, -0.05) is 23.4 Å². The largest absolute Gasteiger partial charge is 0.497 e. The number of methoxy groups -OCH3 is 1. The molecule has 1 aliphatic heterocycles. The van der Waals surface area contributed by atoms with E-state index in [9.17, 15) is 4.79 Å². The fourth-order valence-electron chi connectivity index (χ4n) is 4.31. The van der Waals surface area contributed by atoms with E-state index in [0.717, 1.165) is 48.9 Å². The van der Waals surface area contributed by atoms with Crippen molar-refractivity contribution in [3.05, 3.63) is 64.7 Å². The second-order valence-corrected chi connectivity index (χ2v) is 9.20. The van der Waals surface area contributed by atoms with Gasteiger partial charge in [-0.2, -0.15) is 0 Å². The minimum atomic E-state index is 0.0119. The van der Waals surface area contributed by atoms with Gasteiger partial charge >= 0.3 is 0 Å². The molecule has 4 aromatic rings. The molecule has 3 aromatic heterocycles. The van der Waals surface area contributed by atoms with Crippen LogP contribution in [0.3, 0.4) is 0 Å². The van der Waals surface area contributed by atoms with Gasteiger partial charge in [0.1, 0.15) is 5.75 Å².